The normalized spacial score (nSPS) is 23.7. The van der Waals surface area contributed by atoms with Crippen LogP contribution in [0.15, 0.2) is 24.3 Å². The Hall–Kier alpha value is -1.42. The lowest BCUT2D eigenvalue weighted by molar-refractivity contribution is -0.128. The van der Waals surface area contributed by atoms with Crippen LogP contribution in [0.25, 0.3) is 0 Å². The Morgan fingerprint density at radius 3 is 2.61 bits per heavy atom. The average Bonchev–Trinajstić information content (AvgIpc) is 2.65. The second kappa shape index (κ2) is 5.48. The molecule has 0 aliphatic carbocycles. The van der Waals surface area contributed by atoms with Gasteiger partial charge < -0.3 is 4.90 Å². The molecule has 2 unspecified atom stereocenters. The van der Waals surface area contributed by atoms with Crippen molar-refractivity contribution in [3.8, 4) is 0 Å². The van der Waals surface area contributed by atoms with Crippen LogP contribution >= 0.6 is 0 Å². The van der Waals surface area contributed by atoms with Crippen LogP contribution in [-0.4, -0.2) is 23.9 Å². The van der Waals surface area contributed by atoms with E-state index in [0.717, 1.165) is 24.8 Å². The van der Waals surface area contributed by atoms with E-state index < -0.39 is 0 Å². The minimum Gasteiger partial charge on any atom is -0.325 e. The number of amides is 1. The largest absolute Gasteiger partial charge is 0.325 e. The predicted molar refractivity (Wildman–Crippen MR) is 68.4 cm³/mol. The molecule has 1 aromatic carbocycles. The summed E-state index contributed by atoms with van der Waals surface area (Å²) in [5, 5.41) is 3.31. The maximum absolute atomic E-state index is 12.9. The van der Waals surface area contributed by atoms with Gasteiger partial charge in [-0.1, -0.05) is 31.9 Å². The first-order chi connectivity index (χ1) is 8.63. The first kappa shape index (κ1) is 13.0. The van der Waals surface area contributed by atoms with E-state index in [1.165, 1.54) is 12.1 Å². The Bertz CT molecular complexity index is 418. The number of carbonyl (C=O) groups is 1. The Balaban J connectivity index is 2.10. The number of nitrogens with one attached hydrogen (secondary N) is 1. The zero-order valence-corrected chi connectivity index (χ0v) is 10.8. The number of benzene rings is 1. The van der Waals surface area contributed by atoms with Crippen molar-refractivity contribution in [1.82, 2.24) is 10.2 Å². The highest BCUT2D eigenvalue weighted by Gasteiger charge is 2.36. The average molecular weight is 250 g/mol. The fourth-order valence-corrected chi connectivity index (χ4v) is 2.33. The van der Waals surface area contributed by atoms with E-state index >= 15 is 0 Å². The summed E-state index contributed by atoms with van der Waals surface area (Å²) in [6, 6.07) is 6.19. The van der Waals surface area contributed by atoms with E-state index in [2.05, 4.69) is 12.2 Å². The molecule has 18 heavy (non-hydrogen) atoms. The molecule has 98 valence electrons. The van der Waals surface area contributed by atoms with E-state index in [4.69, 9.17) is 0 Å². The molecule has 2 atom stereocenters. The van der Waals surface area contributed by atoms with Crippen molar-refractivity contribution in [2.24, 2.45) is 0 Å². The van der Waals surface area contributed by atoms with Crippen molar-refractivity contribution >= 4 is 5.91 Å². The van der Waals surface area contributed by atoms with Crippen molar-refractivity contribution in [2.75, 3.05) is 7.05 Å². The van der Waals surface area contributed by atoms with Gasteiger partial charge in [-0.25, -0.2) is 4.39 Å². The molecule has 1 fully saturated rings. The van der Waals surface area contributed by atoms with Gasteiger partial charge in [0, 0.05) is 7.05 Å². The molecule has 1 saturated heterocycles. The second-order valence-corrected chi connectivity index (χ2v) is 4.76. The summed E-state index contributed by atoms with van der Waals surface area (Å²) in [5.41, 5.74) is 0.922. The summed E-state index contributed by atoms with van der Waals surface area (Å²) >= 11 is 0. The van der Waals surface area contributed by atoms with Crippen molar-refractivity contribution in [3.05, 3.63) is 35.6 Å². The van der Waals surface area contributed by atoms with E-state index in [1.807, 2.05) is 0 Å². The van der Waals surface area contributed by atoms with Gasteiger partial charge in [-0.2, -0.15) is 0 Å². The highest BCUT2D eigenvalue weighted by Crippen LogP contribution is 2.25. The molecule has 1 heterocycles. The van der Waals surface area contributed by atoms with E-state index in [9.17, 15) is 9.18 Å². The van der Waals surface area contributed by atoms with Crippen LogP contribution in [0.1, 0.15) is 37.9 Å². The third-order valence-electron chi connectivity index (χ3n) is 3.42. The van der Waals surface area contributed by atoms with Crippen LogP contribution in [-0.2, 0) is 4.79 Å². The fourth-order valence-electron chi connectivity index (χ4n) is 2.33. The third-order valence-corrected chi connectivity index (χ3v) is 3.42. The monoisotopic (exact) mass is 250 g/mol. The van der Waals surface area contributed by atoms with Crippen LogP contribution in [0.4, 0.5) is 4.39 Å². The summed E-state index contributed by atoms with van der Waals surface area (Å²) in [7, 11) is 1.79. The molecule has 1 aliphatic heterocycles. The zero-order chi connectivity index (χ0) is 13.1. The molecular formula is C14H19FN2O. The zero-order valence-electron chi connectivity index (χ0n) is 10.8. The number of hydrogen-bond donors (Lipinski definition) is 1. The van der Waals surface area contributed by atoms with E-state index in [1.54, 1.807) is 24.1 Å². The Morgan fingerprint density at radius 1 is 1.33 bits per heavy atom. The first-order valence-electron chi connectivity index (χ1n) is 6.41. The third kappa shape index (κ3) is 2.53. The van der Waals surface area contributed by atoms with Crippen LogP contribution in [0.3, 0.4) is 0 Å². The van der Waals surface area contributed by atoms with Crippen molar-refractivity contribution in [2.45, 2.75) is 38.4 Å². The van der Waals surface area contributed by atoms with Crippen molar-refractivity contribution in [3.63, 3.8) is 0 Å². The molecule has 0 spiro atoms. The quantitative estimate of drug-likeness (QED) is 0.890. The molecule has 0 aromatic heterocycles. The maximum Gasteiger partial charge on any atom is 0.241 e. The lowest BCUT2D eigenvalue weighted by Crippen LogP contribution is -2.28. The number of halogens is 1. The Labute approximate surface area is 107 Å². The number of hydrogen-bond acceptors (Lipinski definition) is 2. The van der Waals surface area contributed by atoms with Gasteiger partial charge in [-0.05, 0) is 24.1 Å². The van der Waals surface area contributed by atoms with Crippen LogP contribution in [0.2, 0.25) is 0 Å². The van der Waals surface area contributed by atoms with Gasteiger partial charge in [0.1, 0.15) is 12.0 Å². The van der Waals surface area contributed by atoms with Gasteiger partial charge in [0.2, 0.25) is 5.91 Å². The maximum atomic E-state index is 12.9. The Morgan fingerprint density at radius 2 is 2.00 bits per heavy atom. The topological polar surface area (TPSA) is 32.3 Å². The molecule has 4 heteroatoms. The van der Waals surface area contributed by atoms with Gasteiger partial charge in [0.05, 0.1) is 6.04 Å². The standard InChI is InChI=1S/C14H19FN2O/c1-3-4-5-12-14(18)17(2)13(16-12)10-6-8-11(15)9-7-10/h6-9,12-13,16H,3-5H2,1-2H3. The number of rotatable bonds is 4. The molecule has 2 rings (SSSR count). The Kier molecular flexibility index (Phi) is 3.97. The van der Waals surface area contributed by atoms with Gasteiger partial charge in [0.25, 0.3) is 0 Å². The van der Waals surface area contributed by atoms with E-state index in [0.29, 0.717) is 0 Å². The van der Waals surface area contributed by atoms with Crippen LogP contribution < -0.4 is 5.32 Å². The highest BCUT2D eigenvalue weighted by molar-refractivity contribution is 5.84. The number of likely N-dealkylation sites (N-methyl/N-ethyl adjacent to an activating group) is 1. The lowest BCUT2D eigenvalue weighted by Gasteiger charge is -2.19. The summed E-state index contributed by atoms with van der Waals surface area (Å²) < 4.78 is 12.9. The molecular weight excluding hydrogens is 231 g/mol. The molecule has 1 amide bonds. The van der Waals surface area contributed by atoms with Crippen LogP contribution in [0.5, 0.6) is 0 Å². The minimum atomic E-state index is -0.256. The SMILES string of the molecule is CCCCC1NC(c2ccc(F)cc2)N(C)C1=O. The fraction of sp³-hybridized carbons (Fsp3) is 0.500. The molecule has 0 radical (unpaired) electrons. The molecule has 0 saturated carbocycles. The first-order valence-corrected chi connectivity index (χ1v) is 6.41. The van der Waals surface area contributed by atoms with Crippen molar-refractivity contribution in [1.29, 1.82) is 0 Å². The van der Waals surface area contributed by atoms with Crippen LogP contribution in [0, 0.1) is 5.82 Å². The molecule has 3 nitrogen and oxygen atoms in total. The number of carbonyl (C=O) groups excluding carboxylic acids is 1. The van der Waals surface area contributed by atoms with Gasteiger partial charge in [0.15, 0.2) is 0 Å². The minimum absolute atomic E-state index is 0.106. The van der Waals surface area contributed by atoms with E-state index in [-0.39, 0.29) is 23.9 Å². The lowest BCUT2D eigenvalue weighted by atomic mass is 10.1. The second-order valence-electron chi connectivity index (χ2n) is 4.76. The number of nitrogens with zero attached hydrogens (tertiary/aromatic N) is 1. The molecule has 0 bridgehead atoms. The molecule has 1 aromatic rings. The summed E-state index contributed by atoms with van der Waals surface area (Å²) in [6.07, 6.45) is 2.83. The summed E-state index contributed by atoms with van der Waals surface area (Å²) in [6.45, 7) is 2.11. The van der Waals surface area contributed by atoms with Gasteiger partial charge in [-0.15, -0.1) is 0 Å². The highest BCUT2D eigenvalue weighted by atomic mass is 19.1. The van der Waals surface area contributed by atoms with Gasteiger partial charge in [-0.3, -0.25) is 10.1 Å². The summed E-state index contributed by atoms with van der Waals surface area (Å²) in [5.74, 6) is -0.133. The molecule has 1 aliphatic rings. The number of unbranched alkanes of at least 4 members (excludes halogenated alkanes) is 1. The summed E-state index contributed by atoms with van der Waals surface area (Å²) in [4.78, 5) is 13.8. The molecule has 1 N–H and O–H groups in total. The van der Waals surface area contributed by atoms with Gasteiger partial charge >= 0.3 is 0 Å². The smallest absolute Gasteiger partial charge is 0.241 e. The van der Waals surface area contributed by atoms with Crippen molar-refractivity contribution < 1.29 is 9.18 Å². The predicted octanol–water partition coefficient (Wildman–Crippen LogP) is 2.44.